The number of benzene rings is 2. The van der Waals surface area contributed by atoms with E-state index in [9.17, 15) is 0 Å². The van der Waals surface area contributed by atoms with Crippen molar-refractivity contribution >= 4 is 11.6 Å². The van der Waals surface area contributed by atoms with Gasteiger partial charge in [-0.05, 0) is 61.1 Å². The van der Waals surface area contributed by atoms with Crippen LogP contribution in [0.1, 0.15) is 47.9 Å². The van der Waals surface area contributed by atoms with Crippen LogP contribution in [0.15, 0.2) is 48.5 Å². The van der Waals surface area contributed by atoms with Crippen molar-refractivity contribution < 1.29 is 0 Å². The molecule has 0 heterocycles. The zero-order valence-electron chi connectivity index (χ0n) is 12.5. The summed E-state index contributed by atoms with van der Waals surface area (Å²) in [5, 5.41) is 4.23. The monoisotopic (exact) mass is 299 g/mol. The lowest BCUT2D eigenvalue weighted by Gasteiger charge is -2.26. The first-order valence-electron chi connectivity index (χ1n) is 7.78. The molecule has 0 bridgehead atoms. The summed E-state index contributed by atoms with van der Waals surface area (Å²) in [7, 11) is 2.02. The lowest BCUT2D eigenvalue weighted by atomic mass is 9.79. The van der Waals surface area contributed by atoms with Crippen LogP contribution in [0.25, 0.3) is 0 Å². The number of halogens is 1. The Morgan fingerprint density at radius 2 is 1.90 bits per heavy atom. The molecule has 1 saturated carbocycles. The Bertz CT molecular complexity index is 587. The molecule has 1 fully saturated rings. The van der Waals surface area contributed by atoms with Gasteiger partial charge in [0.1, 0.15) is 0 Å². The van der Waals surface area contributed by atoms with E-state index < -0.39 is 0 Å². The Morgan fingerprint density at radius 1 is 1.14 bits per heavy atom. The van der Waals surface area contributed by atoms with E-state index in [1.807, 2.05) is 19.2 Å². The summed E-state index contributed by atoms with van der Waals surface area (Å²) in [6.07, 6.45) is 5.06. The van der Waals surface area contributed by atoms with Gasteiger partial charge in [0.15, 0.2) is 0 Å². The van der Waals surface area contributed by atoms with Gasteiger partial charge >= 0.3 is 0 Å². The topological polar surface area (TPSA) is 12.0 Å². The van der Waals surface area contributed by atoms with Crippen molar-refractivity contribution in [1.29, 1.82) is 0 Å². The first-order chi connectivity index (χ1) is 10.3. The van der Waals surface area contributed by atoms with Crippen LogP contribution in [0.5, 0.6) is 0 Å². The van der Waals surface area contributed by atoms with Crippen LogP contribution in [0.3, 0.4) is 0 Å². The van der Waals surface area contributed by atoms with E-state index in [-0.39, 0.29) is 0 Å². The summed E-state index contributed by atoms with van der Waals surface area (Å²) >= 11 is 6.08. The van der Waals surface area contributed by atoms with E-state index >= 15 is 0 Å². The predicted molar refractivity (Wildman–Crippen MR) is 90.0 cm³/mol. The molecule has 0 saturated heterocycles. The number of rotatable bonds is 5. The van der Waals surface area contributed by atoms with Gasteiger partial charge in [0.05, 0.1) is 0 Å². The van der Waals surface area contributed by atoms with Crippen LogP contribution in [-0.2, 0) is 6.42 Å². The summed E-state index contributed by atoms with van der Waals surface area (Å²) in [5.41, 5.74) is 4.12. The van der Waals surface area contributed by atoms with Crippen LogP contribution in [0.4, 0.5) is 0 Å². The third-order valence-electron chi connectivity index (χ3n) is 4.59. The fourth-order valence-electron chi connectivity index (χ4n) is 3.03. The van der Waals surface area contributed by atoms with Crippen LogP contribution in [0.2, 0.25) is 5.02 Å². The molecule has 0 amide bonds. The number of nitrogens with one attached hydrogen (secondary N) is 1. The van der Waals surface area contributed by atoms with Crippen molar-refractivity contribution in [3.63, 3.8) is 0 Å². The van der Waals surface area contributed by atoms with E-state index in [0.717, 1.165) is 17.4 Å². The number of hydrogen-bond acceptors (Lipinski definition) is 1. The van der Waals surface area contributed by atoms with Crippen LogP contribution in [-0.4, -0.2) is 7.05 Å². The maximum Gasteiger partial charge on any atom is 0.0408 e. The zero-order valence-corrected chi connectivity index (χ0v) is 13.2. The molecule has 2 aromatic rings. The van der Waals surface area contributed by atoms with Gasteiger partial charge in [-0.1, -0.05) is 54.4 Å². The Kier molecular flexibility index (Phi) is 4.62. The minimum Gasteiger partial charge on any atom is -0.313 e. The third-order valence-corrected chi connectivity index (χ3v) is 4.83. The molecule has 2 heteroatoms. The van der Waals surface area contributed by atoms with Crippen LogP contribution in [0, 0.1) is 0 Å². The van der Waals surface area contributed by atoms with Gasteiger partial charge in [-0.15, -0.1) is 0 Å². The van der Waals surface area contributed by atoms with Gasteiger partial charge in [-0.2, -0.15) is 0 Å². The molecule has 0 aliphatic heterocycles. The number of likely N-dealkylation sites (N-methyl/N-ethyl adjacent to an activating group) is 1. The lowest BCUT2D eigenvalue weighted by Crippen LogP contribution is -2.19. The largest absolute Gasteiger partial charge is 0.313 e. The normalized spacial score (nSPS) is 16.5. The average molecular weight is 300 g/mol. The van der Waals surface area contributed by atoms with Crippen molar-refractivity contribution in [2.45, 2.75) is 37.6 Å². The van der Waals surface area contributed by atoms with Gasteiger partial charge in [-0.25, -0.2) is 0 Å². The Morgan fingerprint density at radius 3 is 2.48 bits per heavy atom. The van der Waals surface area contributed by atoms with E-state index in [1.54, 1.807) is 0 Å². The maximum absolute atomic E-state index is 6.08. The molecule has 1 atom stereocenters. The SMILES string of the molecule is CNC(Cc1cccc(Cl)c1)c1ccc(C2CCC2)cc1. The van der Waals surface area contributed by atoms with Crippen molar-refractivity contribution in [1.82, 2.24) is 5.32 Å². The fraction of sp³-hybridized carbons (Fsp3) is 0.368. The molecule has 21 heavy (non-hydrogen) atoms. The highest BCUT2D eigenvalue weighted by Crippen LogP contribution is 2.36. The van der Waals surface area contributed by atoms with Crippen molar-refractivity contribution in [3.8, 4) is 0 Å². The van der Waals surface area contributed by atoms with Crippen LogP contribution >= 0.6 is 11.6 Å². The highest BCUT2D eigenvalue weighted by molar-refractivity contribution is 6.30. The van der Waals surface area contributed by atoms with Crippen molar-refractivity contribution in [2.75, 3.05) is 7.05 Å². The molecule has 1 aliphatic rings. The standard InChI is InChI=1S/C19H22ClN/c1-21-19(13-14-4-2-7-18(20)12-14)17-10-8-16(9-11-17)15-5-3-6-15/h2,4,7-12,15,19,21H,3,5-6,13H2,1H3. The Hall–Kier alpha value is -1.31. The molecule has 0 spiro atoms. The summed E-state index contributed by atoms with van der Waals surface area (Å²) in [4.78, 5) is 0. The first kappa shape index (κ1) is 14.6. The minimum absolute atomic E-state index is 0.332. The van der Waals surface area contributed by atoms with Crippen molar-refractivity contribution in [2.24, 2.45) is 0 Å². The van der Waals surface area contributed by atoms with E-state index in [4.69, 9.17) is 11.6 Å². The molecule has 1 aliphatic carbocycles. The second-order valence-corrected chi connectivity index (χ2v) is 6.41. The molecule has 0 radical (unpaired) electrons. The summed E-state index contributed by atoms with van der Waals surface area (Å²) in [6, 6.07) is 17.6. The van der Waals surface area contributed by atoms with Gasteiger partial charge < -0.3 is 5.32 Å². The second-order valence-electron chi connectivity index (χ2n) is 5.97. The summed E-state index contributed by atoms with van der Waals surface area (Å²) in [6.45, 7) is 0. The van der Waals surface area contributed by atoms with Crippen LogP contribution < -0.4 is 5.32 Å². The predicted octanol–water partition coefficient (Wildman–Crippen LogP) is 5.11. The average Bonchev–Trinajstić information content (AvgIpc) is 2.44. The minimum atomic E-state index is 0.332. The molecular weight excluding hydrogens is 278 g/mol. The fourth-order valence-corrected chi connectivity index (χ4v) is 3.24. The molecule has 3 rings (SSSR count). The first-order valence-corrected chi connectivity index (χ1v) is 8.15. The smallest absolute Gasteiger partial charge is 0.0408 e. The van der Waals surface area contributed by atoms with E-state index in [0.29, 0.717) is 6.04 Å². The lowest BCUT2D eigenvalue weighted by molar-refractivity contribution is 0.419. The third kappa shape index (κ3) is 3.48. The molecule has 110 valence electrons. The van der Waals surface area contributed by atoms with Crippen molar-refractivity contribution in [3.05, 3.63) is 70.2 Å². The molecule has 1 nitrogen and oxygen atoms in total. The van der Waals surface area contributed by atoms with E-state index in [2.05, 4.69) is 41.7 Å². The highest BCUT2D eigenvalue weighted by Gasteiger charge is 2.19. The van der Waals surface area contributed by atoms with Gasteiger partial charge in [0.25, 0.3) is 0 Å². The molecule has 1 unspecified atom stereocenters. The quantitative estimate of drug-likeness (QED) is 0.809. The Labute approximate surface area is 132 Å². The molecule has 1 N–H and O–H groups in total. The van der Waals surface area contributed by atoms with E-state index in [1.165, 1.54) is 36.0 Å². The van der Waals surface area contributed by atoms with Gasteiger partial charge in [0.2, 0.25) is 0 Å². The molecule has 2 aromatic carbocycles. The summed E-state index contributed by atoms with van der Waals surface area (Å²) in [5.74, 6) is 0.806. The highest BCUT2D eigenvalue weighted by atomic mass is 35.5. The maximum atomic E-state index is 6.08. The number of hydrogen-bond donors (Lipinski definition) is 1. The van der Waals surface area contributed by atoms with Gasteiger partial charge in [0, 0.05) is 11.1 Å². The van der Waals surface area contributed by atoms with Gasteiger partial charge in [-0.3, -0.25) is 0 Å². The molecule has 0 aromatic heterocycles. The summed E-state index contributed by atoms with van der Waals surface area (Å²) < 4.78 is 0. The Balaban J connectivity index is 1.73. The second kappa shape index (κ2) is 6.64. The molecular formula is C19H22ClN. The zero-order chi connectivity index (χ0) is 14.7.